The van der Waals surface area contributed by atoms with Crippen LogP contribution < -0.4 is 0 Å². The predicted octanol–water partition coefficient (Wildman–Crippen LogP) is 10.2. The SMILES string of the molecule is CC(C)[Si]1(C(C)C)OC2C(O[Si](C(C)C)(C(C)C)O1)[C@H](O)[C@H](O)[C@H]1O[C@]3(CC4CCC3(C)C4(C)C)OC21.OC1C(O)C(O)C(O)C(O)C1O.[N-]=[N+]=NC1[C@@H](O[C@@H]2C(O)[C@H](O)C(OCc3ccccc3)C(OCc3ccccc3)[C@@H]2OCc2ccccc2)OC(COCc2ccccc2)[C@@H](OCc2ccccc2)[C@@H]1OCc1ccccc1. The van der Waals surface area contributed by atoms with Gasteiger partial charge in [-0.1, -0.05) is 263 Å². The van der Waals surface area contributed by atoms with E-state index in [4.69, 9.17) is 91.0 Å². The van der Waals surface area contributed by atoms with Gasteiger partial charge in [0, 0.05) is 16.7 Å². The molecule has 2 bridgehead atoms. The van der Waals surface area contributed by atoms with Crippen molar-refractivity contribution in [2.75, 3.05) is 6.61 Å². The van der Waals surface area contributed by atoms with Gasteiger partial charge in [-0.25, -0.2) is 0 Å². The zero-order valence-electron chi connectivity index (χ0n) is 68.2. The fraction of sp³-hybridized carbons (Fsp3) is 0.591. The molecule has 6 aromatic carbocycles. The van der Waals surface area contributed by atoms with Crippen LogP contribution in [0.2, 0.25) is 22.2 Å². The highest BCUT2D eigenvalue weighted by Gasteiger charge is 2.77. The molecule has 26 nitrogen and oxygen atoms in total. The summed E-state index contributed by atoms with van der Waals surface area (Å²) >= 11 is 0. The number of nitrogens with zero attached hydrogens (tertiary/aromatic N) is 3. The third kappa shape index (κ3) is 18.8. The lowest BCUT2D eigenvalue weighted by Crippen LogP contribution is -2.68. The molecule has 8 aliphatic rings. The molecule has 14 rings (SSSR count). The molecule has 6 aromatic rings. The van der Waals surface area contributed by atoms with Gasteiger partial charge in [0.25, 0.3) is 0 Å². The van der Waals surface area contributed by atoms with Gasteiger partial charge in [0.05, 0.1) is 46.2 Å². The number of rotatable bonds is 26. The van der Waals surface area contributed by atoms with Gasteiger partial charge in [0.1, 0.15) is 134 Å². The third-order valence-electron chi connectivity index (χ3n) is 25.6. The van der Waals surface area contributed by atoms with Gasteiger partial charge in [-0.15, -0.1) is 0 Å². The van der Waals surface area contributed by atoms with E-state index in [1.165, 1.54) is 6.42 Å². The third-order valence-corrected chi connectivity index (χ3v) is 35.9. The van der Waals surface area contributed by atoms with Crippen LogP contribution in [-0.4, -0.2) is 221 Å². The highest BCUT2D eigenvalue weighted by atomic mass is 28.5. The number of fused-ring (bicyclic) bond motifs is 6. The summed E-state index contributed by atoms with van der Waals surface area (Å²) in [7, 11) is -5.77. The van der Waals surface area contributed by atoms with Crippen LogP contribution in [0, 0.1) is 16.7 Å². The lowest BCUT2D eigenvalue weighted by Gasteiger charge is -2.50. The van der Waals surface area contributed by atoms with Crippen molar-refractivity contribution in [3.63, 3.8) is 0 Å². The molecule has 0 radical (unpaired) electrons. The summed E-state index contributed by atoms with van der Waals surface area (Å²) in [6.07, 6.45) is -23.1. The lowest BCUT2D eigenvalue weighted by molar-refractivity contribution is -0.335. The molecule has 8 fully saturated rings. The smallest absolute Gasteiger partial charge is 0.335 e. The van der Waals surface area contributed by atoms with Crippen molar-refractivity contribution in [2.24, 2.45) is 21.9 Å². The van der Waals surface area contributed by atoms with Crippen LogP contribution in [0.3, 0.4) is 0 Å². The molecule has 634 valence electrons. The van der Waals surface area contributed by atoms with Crippen LogP contribution in [0.5, 0.6) is 0 Å². The topological polar surface area (TPSA) is 371 Å². The summed E-state index contributed by atoms with van der Waals surface area (Å²) in [5.74, 6) is -0.280. The molecule has 3 saturated heterocycles. The van der Waals surface area contributed by atoms with Crippen LogP contribution in [0.1, 0.15) is 129 Å². The molecule has 1 spiro atoms. The summed E-state index contributed by atoms with van der Waals surface area (Å²) in [6.45, 7) is 25.4. The second-order valence-electron chi connectivity index (χ2n) is 34.3. The first-order valence-electron chi connectivity index (χ1n) is 41.0. The Balaban J connectivity index is 0.000000210. The van der Waals surface area contributed by atoms with Gasteiger partial charge >= 0.3 is 17.1 Å². The molecule has 3 aliphatic heterocycles. The van der Waals surface area contributed by atoms with Crippen molar-refractivity contribution >= 4 is 17.1 Å². The molecule has 28 heteroatoms. The van der Waals surface area contributed by atoms with Gasteiger partial charge < -0.3 is 111 Å². The summed E-state index contributed by atoms with van der Waals surface area (Å²) < 4.78 is 88.9. The van der Waals surface area contributed by atoms with E-state index in [1.807, 2.05) is 182 Å². The zero-order chi connectivity index (χ0) is 83.0. The molecule has 10 N–H and O–H groups in total. The zero-order valence-corrected chi connectivity index (χ0v) is 70.2. The van der Waals surface area contributed by atoms with Gasteiger partial charge in [-0.05, 0) is 85.3 Å². The second kappa shape index (κ2) is 38.9. The average molecular weight is 1650 g/mol. The minimum atomic E-state index is -2.89. The molecule has 116 heavy (non-hydrogen) atoms. The number of benzene rings is 6. The molecule has 5 aliphatic carbocycles. The molecular weight excluding hydrogens is 1520 g/mol. The van der Waals surface area contributed by atoms with Crippen LogP contribution in [-0.2, 0) is 100.0 Å². The summed E-state index contributed by atoms with van der Waals surface area (Å²) in [4.78, 5) is 3.27. The summed E-state index contributed by atoms with van der Waals surface area (Å²) in [6, 6.07) is 56.7. The fourth-order valence-corrected chi connectivity index (χ4v) is 29.7. The maximum absolute atomic E-state index is 12.3. The first-order valence-corrected chi connectivity index (χ1v) is 44.9. The summed E-state index contributed by atoms with van der Waals surface area (Å²) in [5, 5.41) is 106. The first-order chi connectivity index (χ1) is 55.5. The quantitative estimate of drug-likeness (QED) is 0.0104. The molecule has 0 amide bonds. The van der Waals surface area contributed by atoms with E-state index in [9.17, 15) is 26.0 Å². The monoisotopic (exact) mass is 1640 g/mol. The Morgan fingerprint density at radius 3 is 1.14 bits per heavy atom. The fourth-order valence-electron chi connectivity index (χ4n) is 18.4. The van der Waals surface area contributed by atoms with Gasteiger partial charge in [0.2, 0.25) is 0 Å². The first kappa shape index (κ1) is 89.4. The van der Waals surface area contributed by atoms with Crippen LogP contribution in [0.15, 0.2) is 187 Å². The molecule has 20 atom stereocenters. The van der Waals surface area contributed by atoms with Crippen LogP contribution in [0.4, 0.5) is 0 Å². The second-order valence-corrected chi connectivity index (χ2v) is 43.1. The molecule has 0 aromatic heterocycles. The largest absolute Gasteiger partial charge is 0.414 e. The minimum Gasteiger partial charge on any atom is -0.414 e. The maximum Gasteiger partial charge on any atom is 0.335 e. The standard InChI is InChI=1S/C54H57N3O10.C28H52O7Si2.C6H12O6/c55-57-56-45-49(62-33-40-23-11-3-12-24-40)48(61-32-39-21-9-2-10-22-39)44(37-60-31-38-19-7-1-8-20-38)66-54(45)67-51-47(59)46(58)50(63-34-41-25-13-4-14-26-41)52(64-35-42-27-15-5-16-28-42)53(51)65-36-43-29-17-6-18-30-43;1-15(2)36(16(3)4)33-23-21(30)20(29)22-24(25(23)34-37(35-36,17(5)6)18(7)8)32-28(31-22)14-19-12-13-27(28,11)26(19,9)10;7-1-2(8)4(10)6(12)5(11)3(1)9/h1-30,44-54,58-59H,31-37H2;15-25,29-30H,12-14H2,1-11H3;1-12H/t44?,45?,46-,47?,48+,49+,50?,51+,52?,53+,54+;19?,20-,21+,22+,23?,24?,25?,27?,28+;/m00./s1. The number of hydrogen-bond donors (Lipinski definition) is 10. The highest BCUT2D eigenvalue weighted by Crippen LogP contribution is 2.73. The Morgan fingerprint density at radius 2 is 0.759 bits per heavy atom. The minimum absolute atomic E-state index is 0.0321. The van der Waals surface area contributed by atoms with E-state index in [0.29, 0.717) is 5.92 Å². The number of aliphatic hydroxyl groups is 10. The van der Waals surface area contributed by atoms with E-state index in [2.05, 4.69) is 86.2 Å². The average Bonchev–Trinajstić information content (AvgIpc) is 1.50. The normalized spacial score (nSPS) is 36.0. The molecule has 5 saturated carbocycles. The summed E-state index contributed by atoms with van der Waals surface area (Å²) in [5.41, 5.74) is 16.1. The van der Waals surface area contributed by atoms with E-state index in [-0.39, 0.29) is 79.2 Å². The van der Waals surface area contributed by atoms with E-state index in [1.54, 1.807) is 0 Å². The van der Waals surface area contributed by atoms with Crippen LogP contribution in [0.25, 0.3) is 10.4 Å². The number of ether oxygens (including phenoxy) is 10. The lowest BCUT2D eigenvalue weighted by atomic mass is 9.68. The van der Waals surface area contributed by atoms with Crippen molar-refractivity contribution < 1.29 is 111 Å². The number of azide groups is 1. The van der Waals surface area contributed by atoms with Crippen LogP contribution >= 0.6 is 0 Å². The van der Waals surface area contributed by atoms with Crippen molar-refractivity contribution in [2.45, 2.75) is 304 Å². The highest BCUT2D eigenvalue weighted by molar-refractivity contribution is 6.84. The maximum atomic E-state index is 12.3. The number of aliphatic hydroxyl groups excluding tert-OH is 10. The Kier molecular flexibility index (Phi) is 30.0. The van der Waals surface area contributed by atoms with Gasteiger partial charge in [-0.2, -0.15) is 0 Å². The van der Waals surface area contributed by atoms with Crippen molar-refractivity contribution in [3.8, 4) is 0 Å². The molecule has 3 heterocycles. The van der Waals surface area contributed by atoms with Crippen molar-refractivity contribution in [1.29, 1.82) is 0 Å². The van der Waals surface area contributed by atoms with E-state index < -0.39 is 163 Å². The van der Waals surface area contributed by atoms with E-state index in [0.717, 1.165) is 46.2 Å². The van der Waals surface area contributed by atoms with Crippen molar-refractivity contribution in [3.05, 3.63) is 226 Å². The van der Waals surface area contributed by atoms with Gasteiger partial charge in [-0.3, -0.25) is 0 Å². The Labute approximate surface area is 682 Å². The predicted molar refractivity (Wildman–Crippen MR) is 432 cm³/mol. The number of hydrogen-bond acceptors (Lipinski definition) is 24. The molecule has 10 unspecified atom stereocenters. The van der Waals surface area contributed by atoms with Gasteiger partial charge in [0.15, 0.2) is 12.1 Å². The van der Waals surface area contributed by atoms with E-state index >= 15 is 0 Å². The Hall–Kier alpha value is -5.86. The molecular formula is C88H121N3O23Si2. The van der Waals surface area contributed by atoms with Crippen molar-refractivity contribution in [1.82, 2.24) is 0 Å². The Morgan fingerprint density at radius 1 is 0.414 bits per heavy atom. The Bertz CT molecular complexity index is 3970.